The average Bonchev–Trinajstić information content (AvgIpc) is 2.73. The van der Waals surface area contributed by atoms with Gasteiger partial charge in [0.25, 0.3) is 0 Å². The first-order valence-corrected chi connectivity index (χ1v) is 9.10. The lowest BCUT2D eigenvalue weighted by Crippen LogP contribution is -1.87. The largest absolute Gasteiger partial charge is 0.457 e. The summed E-state index contributed by atoms with van der Waals surface area (Å²) in [4.78, 5) is 0. The Kier molecular flexibility index (Phi) is 5.25. The van der Waals surface area contributed by atoms with Crippen molar-refractivity contribution in [1.82, 2.24) is 0 Å². The maximum absolute atomic E-state index is 5.89. The smallest absolute Gasteiger partial charge is 0.127 e. The van der Waals surface area contributed by atoms with Gasteiger partial charge in [-0.2, -0.15) is 0 Å². The Morgan fingerprint density at radius 1 is 0.357 bits per heavy atom. The van der Waals surface area contributed by atoms with Gasteiger partial charge in [-0.05, 0) is 79.7 Å². The highest BCUT2D eigenvalue weighted by Crippen LogP contribution is 2.29. The Balaban J connectivity index is 1.36. The van der Waals surface area contributed by atoms with E-state index in [1.807, 2.05) is 103 Å². The summed E-state index contributed by atoms with van der Waals surface area (Å²) in [5.74, 6) is 4.64. The van der Waals surface area contributed by atoms with Crippen LogP contribution in [0, 0.1) is 6.92 Å². The van der Waals surface area contributed by atoms with Crippen molar-refractivity contribution in [2.75, 3.05) is 0 Å². The van der Waals surface area contributed by atoms with Crippen molar-refractivity contribution < 1.29 is 14.2 Å². The fraction of sp³-hybridized carbons (Fsp3) is 0.0400. The number of rotatable bonds is 6. The molecule has 0 saturated carbocycles. The Labute approximate surface area is 164 Å². The molecule has 0 bridgehead atoms. The lowest BCUT2D eigenvalue weighted by Gasteiger charge is -2.09. The summed E-state index contributed by atoms with van der Waals surface area (Å²) in [5.41, 5.74) is 1.20. The van der Waals surface area contributed by atoms with Gasteiger partial charge in [0.05, 0.1) is 0 Å². The highest BCUT2D eigenvalue weighted by atomic mass is 16.5. The highest BCUT2D eigenvalue weighted by Gasteiger charge is 2.02. The summed E-state index contributed by atoms with van der Waals surface area (Å²) < 4.78 is 17.5. The molecule has 3 heteroatoms. The molecule has 0 aliphatic carbocycles. The number of hydrogen-bond donors (Lipinski definition) is 0. The number of ether oxygens (including phenoxy) is 3. The van der Waals surface area contributed by atoms with Gasteiger partial charge in [-0.1, -0.05) is 35.9 Å². The van der Waals surface area contributed by atoms with Crippen LogP contribution in [-0.4, -0.2) is 0 Å². The van der Waals surface area contributed by atoms with Crippen molar-refractivity contribution in [3.63, 3.8) is 0 Å². The first-order chi connectivity index (χ1) is 13.7. The Morgan fingerprint density at radius 2 is 0.643 bits per heavy atom. The third-order valence-corrected chi connectivity index (χ3v) is 4.12. The predicted molar refractivity (Wildman–Crippen MR) is 111 cm³/mol. The summed E-state index contributed by atoms with van der Waals surface area (Å²) in [6.45, 7) is 2.05. The topological polar surface area (TPSA) is 27.7 Å². The van der Waals surface area contributed by atoms with Gasteiger partial charge in [0.15, 0.2) is 0 Å². The Morgan fingerprint density at radius 3 is 1.00 bits per heavy atom. The minimum absolute atomic E-state index is 0.743. The molecule has 0 atom stereocenters. The molecule has 4 aromatic rings. The van der Waals surface area contributed by atoms with E-state index in [4.69, 9.17) is 14.2 Å². The van der Waals surface area contributed by atoms with Crippen LogP contribution in [0.1, 0.15) is 5.56 Å². The van der Waals surface area contributed by atoms with E-state index in [0.29, 0.717) is 0 Å². The van der Waals surface area contributed by atoms with Crippen molar-refractivity contribution in [3.8, 4) is 34.5 Å². The van der Waals surface area contributed by atoms with E-state index in [9.17, 15) is 0 Å². The second-order valence-electron chi connectivity index (χ2n) is 6.38. The molecule has 0 fully saturated rings. The van der Waals surface area contributed by atoms with Crippen LogP contribution in [0.4, 0.5) is 0 Å². The second kappa shape index (κ2) is 8.31. The molecule has 28 heavy (non-hydrogen) atoms. The number of hydrogen-bond acceptors (Lipinski definition) is 3. The van der Waals surface area contributed by atoms with Crippen LogP contribution in [0.15, 0.2) is 103 Å². The summed E-state index contributed by atoms with van der Waals surface area (Å²) in [6, 6.07) is 32.8. The monoisotopic (exact) mass is 368 g/mol. The van der Waals surface area contributed by atoms with E-state index < -0.39 is 0 Å². The molecule has 0 N–H and O–H groups in total. The van der Waals surface area contributed by atoms with Crippen LogP contribution in [-0.2, 0) is 0 Å². The Hall–Kier alpha value is -3.72. The molecule has 0 aromatic heterocycles. The van der Waals surface area contributed by atoms with E-state index in [1.165, 1.54) is 5.56 Å². The molecule has 4 rings (SSSR count). The lowest BCUT2D eigenvalue weighted by atomic mass is 10.2. The van der Waals surface area contributed by atoms with Crippen LogP contribution in [0.3, 0.4) is 0 Å². The first-order valence-electron chi connectivity index (χ1n) is 9.10. The molecule has 0 amide bonds. The predicted octanol–water partition coefficient (Wildman–Crippen LogP) is 7.37. The number of aryl methyl sites for hydroxylation is 1. The zero-order valence-electron chi connectivity index (χ0n) is 15.5. The number of benzene rings is 4. The van der Waals surface area contributed by atoms with Gasteiger partial charge in [-0.25, -0.2) is 0 Å². The van der Waals surface area contributed by atoms with Gasteiger partial charge in [0, 0.05) is 0 Å². The Bertz CT molecular complexity index is 1010. The highest BCUT2D eigenvalue weighted by molar-refractivity contribution is 5.40. The maximum Gasteiger partial charge on any atom is 0.127 e. The minimum atomic E-state index is 0.743. The summed E-state index contributed by atoms with van der Waals surface area (Å²) >= 11 is 0. The molecule has 3 nitrogen and oxygen atoms in total. The normalized spacial score (nSPS) is 10.3. The molecule has 0 saturated heterocycles. The van der Waals surface area contributed by atoms with Crippen LogP contribution >= 0.6 is 0 Å². The molecule has 0 aliphatic rings. The van der Waals surface area contributed by atoms with Crippen LogP contribution in [0.2, 0.25) is 0 Å². The third kappa shape index (κ3) is 4.71. The molecule has 0 unspecified atom stereocenters. The van der Waals surface area contributed by atoms with E-state index in [0.717, 1.165) is 34.5 Å². The number of para-hydroxylation sites is 1. The fourth-order valence-corrected chi connectivity index (χ4v) is 2.65. The van der Waals surface area contributed by atoms with E-state index in [-0.39, 0.29) is 0 Å². The third-order valence-electron chi connectivity index (χ3n) is 4.12. The van der Waals surface area contributed by atoms with E-state index in [2.05, 4.69) is 6.92 Å². The first kappa shape index (κ1) is 17.7. The molecular formula is C25H20O3. The fourth-order valence-electron chi connectivity index (χ4n) is 2.65. The van der Waals surface area contributed by atoms with E-state index >= 15 is 0 Å². The van der Waals surface area contributed by atoms with Crippen LogP contribution < -0.4 is 14.2 Å². The van der Waals surface area contributed by atoms with Gasteiger partial charge in [-0.15, -0.1) is 0 Å². The molecule has 0 radical (unpaired) electrons. The molecule has 0 aliphatic heterocycles. The van der Waals surface area contributed by atoms with Crippen molar-refractivity contribution in [1.29, 1.82) is 0 Å². The van der Waals surface area contributed by atoms with Gasteiger partial charge < -0.3 is 14.2 Å². The molecule has 0 heterocycles. The summed E-state index contributed by atoms with van der Waals surface area (Å²) in [7, 11) is 0. The molecule has 0 spiro atoms. The van der Waals surface area contributed by atoms with Crippen molar-refractivity contribution in [2.24, 2.45) is 0 Å². The van der Waals surface area contributed by atoms with Gasteiger partial charge >= 0.3 is 0 Å². The summed E-state index contributed by atoms with van der Waals surface area (Å²) in [6.07, 6.45) is 0. The molecular weight excluding hydrogens is 348 g/mol. The second-order valence-corrected chi connectivity index (χ2v) is 6.38. The maximum atomic E-state index is 5.89. The zero-order chi connectivity index (χ0) is 19.2. The minimum Gasteiger partial charge on any atom is -0.457 e. The SMILES string of the molecule is Cc1ccc(Oc2ccc(Oc3ccc(Oc4ccccc4)cc3)cc2)cc1. The molecule has 4 aromatic carbocycles. The van der Waals surface area contributed by atoms with Crippen molar-refractivity contribution in [3.05, 3.63) is 109 Å². The van der Waals surface area contributed by atoms with E-state index in [1.54, 1.807) is 0 Å². The zero-order valence-corrected chi connectivity index (χ0v) is 15.5. The van der Waals surface area contributed by atoms with Gasteiger partial charge in [0.1, 0.15) is 34.5 Å². The van der Waals surface area contributed by atoms with Crippen LogP contribution in [0.25, 0.3) is 0 Å². The van der Waals surface area contributed by atoms with Crippen LogP contribution in [0.5, 0.6) is 34.5 Å². The van der Waals surface area contributed by atoms with Crippen molar-refractivity contribution in [2.45, 2.75) is 6.92 Å². The lowest BCUT2D eigenvalue weighted by molar-refractivity contribution is 0.464. The van der Waals surface area contributed by atoms with Crippen molar-refractivity contribution >= 4 is 0 Å². The van der Waals surface area contributed by atoms with Gasteiger partial charge in [-0.3, -0.25) is 0 Å². The molecule has 138 valence electrons. The van der Waals surface area contributed by atoms with Gasteiger partial charge in [0.2, 0.25) is 0 Å². The standard InChI is InChI=1S/C25H20O3/c1-19-7-9-21(10-8-19)27-23-15-17-25(18-16-23)28-24-13-11-22(12-14-24)26-20-5-3-2-4-6-20/h2-18H,1H3. The quantitative estimate of drug-likeness (QED) is 0.355. The average molecular weight is 368 g/mol. The summed E-state index contributed by atoms with van der Waals surface area (Å²) in [5, 5.41) is 0.